The standard InChI is InChI=1S/C17H30N4O3/c1-18(2)15(22)12-19(3)13-16(23)20-10-6-14(7-11-20)17(24)21-8-4-5-9-21/h14H,4-13H2,1-3H3. The van der Waals surface area contributed by atoms with Crippen molar-refractivity contribution in [3.05, 3.63) is 0 Å². The van der Waals surface area contributed by atoms with Crippen molar-refractivity contribution < 1.29 is 14.4 Å². The highest BCUT2D eigenvalue weighted by atomic mass is 16.2. The molecule has 2 saturated heterocycles. The van der Waals surface area contributed by atoms with Crippen LogP contribution in [0.15, 0.2) is 0 Å². The van der Waals surface area contributed by atoms with Gasteiger partial charge in [0.1, 0.15) is 0 Å². The normalized spacial score (nSPS) is 19.0. The van der Waals surface area contributed by atoms with E-state index < -0.39 is 0 Å². The van der Waals surface area contributed by atoms with Gasteiger partial charge >= 0.3 is 0 Å². The summed E-state index contributed by atoms with van der Waals surface area (Å²) in [6.07, 6.45) is 3.73. The zero-order chi connectivity index (χ0) is 17.7. The fraction of sp³-hybridized carbons (Fsp3) is 0.824. The van der Waals surface area contributed by atoms with Gasteiger partial charge in [0.25, 0.3) is 0 Å². The first-order valence-electron chi connectivity index (χ1n) is 8.83. The van der Waals surface area contributed by atoms with E-state index in [1.807, 2.05) is 9.80 Å². The summed E-state index contributed by atoms with van der Waals surface area (Å²) in [5.74, 6) is 0.366. The predicted octanol–water partition coefficient (Wildman–Crippen LogP) is -0.133. The van der Waals surface area contributed by atoms with E-state index in [4.69, 9.17) is 0 Å². The molecule has 24 heavy (non-hydrogen) atoms. The van der Waals surface area contributed by atoms with Crippen molar-refractivity contribution in [3.8, 4) is 0 Å². The third-order valence-corrected chi connectivity index (χ3v) is 4.92. The van der Waals surface area contributed by atoms with Crippen LogP contribution >= 0.6 is 0 Å². The third-order valence-electron chi connectivity index (χ3n) is 4.92. The Balaban J connectivity index is 1.74. The monoisotopic (exact) mass is 338 g/mol. The molecule has 0 saturated carbocycles. The third kappa shape index (κ3) is 4.93. The van der Waals surface area contributed by atoms with Gasteiger partial charge in [0.2, 0.25) is 17.7 Å². The van der Waals surface area contributed by atoms with Crippen LogP contribution < -0.4 is 0 Å². The molecule has 0 N–H and O–H groups in total. The van der Waals surface area contributed by atoms with Gasteiger partial charge in [0.15, 0.2) is 0 Å². The Kier molecular flexibility index (Phi) is 6.60. The van der Waals surface area contributed by atoms with E-state index in [0.717, 1.165) is 38.8 Å². The summed E-state index contributed by atoms with van der Waals surface area (Å²) in [4.78, 5) is 43.5. The quantitative estimate of drug-likeness (QED) is 0.700. The Bertz CT molecular complexity index is 466. The molecule has 0 bridgehead atoms. The van der Waals surface area contributed by atoms with E-state index in [9.17, 15) is 14.4 Å². The summed E-state index contributed by atoms with van der Waals surface area (Å²) in [7, 11) is 5.20. The Morgan fingerprint density at radius 3 is 2.00 bits per heavy atom. The minimum Gasteiger partial charge on any atom is -0.348 e. The highest BCUT2D eigenvalue weighted by Crippen LogP contribution is 2.22. The summed E-state index contributed by atoms with van der Waals surface area (Å²) >= 11 is 0. The van der Waals surface area contributed by atoms with Gasteiger partial charge in [0.05, 0.1) is 13.1 Å². The molecule has 0 radical (unpaired) electrons. The maximum Gasteiger partial charge on any atom is 0.236 e. The highest BCUT2D eigenvalue weighted by molar-refractivity contribution is 5.82. The molecule has 2 fully saturated rings. The Labute approximate surface area is 144 Å². The zero-order valence-electron chi connectivity index (χ0n) is 15.2. The summed E-state index contributed by atoms with van der Waals surface area (Å²) < 4.78 is 0. The van der Waals surface area contributed by atoms with Gasteiger partial charge in [-0.25, -0.2) is 0 Å². The molecule has 2 aliphatic heterocycles. The number of likely N-dealkylation sites (tertiary alicyclic amines) is 2. The van der Waals surface area contributed by atoms with Crippen LogP contribution in [-0.4, -0.2) is 97.7 Å². The van der Waals surface area contributed by atoms with Crippen LogP contribution in [0.2, 0.25) is 0 Å². The van der Waals surface area contributed by atoms with Gasteiger partial charge in [-0.05, 0) is 32.7 Å². The second-order valence-corrected chi connectivity index (χ2v) is 7.15. The maximum atomic E-state index is 12.4. The molecule has 7 nitrogen and oxygen atoms in total. The fourth-order valence-corrected chi connectivity index (χ4v) is 3.33. The minimum absolute atomic E-state index is 0.0137. The molecule has 3 amide bonds. The first-order valence-corrected chi connectivity index (χ1v) is 8.83. The van der Waals surface area contributed by atoms with Crippen LogP contribution in [0.1, 0.15) is 25.7 Å². The van der Waals surface area contributed by atoms with E-state index in [2.05, 4.69) is 0 Å². The van der Waals surface area contributed by atoms with E-state index in [0.29, 0.717) is 13.1 Å². The second kappa shape index (κ2) is 8.46. The number of carbonyl (C=O) groups excluding carboxylic acids is 3. The second-order valence-electron chi connectivity index (χ2n) is 7.15. The number of nitrogens with zero attached hydrogens (tertiary/aromatic N) is 4. The summed E-state index contributed by atoms with van der Waals surface area (Å²) in [5, 5.41) is 0. The fourth-order valence-electron chi connectivity index (χ4n) is 3.33. The maximum absolute atomic E-state index is 12.4. The molecule has 7 heteroatoms. The number of likely N-dealkylation sites (N-methyl/N-ethyl adjacent to an activating group) is 2. The topological polar surface area (TPSA) is 64.2 Å². The number of carbonyl (C=O) groups is 3. The van der Waals surface area contributed by atoms with Gasteiger partial charge in [-0.1, -0.05) is 0 Å². The van der Waals surface area contributed by atoms with Crippen molar-refractivity contribution in [2.45, 2.75) is 25.7 Å². The highest BCUT2D eigenvalue weighted by Gasteiger charge is 2.31. The molecule has 0 spiro atoms. The van der Waals surface area contributed by atoms with Crippen molar-refractivity contribution in [1.29, 1.82) is 0 Å². The zero-order valence-corrected chi connectivity index (χ0v) is 15.2. The lowest BCUT2D eigenvalue weighted by molar-refractivity contribution is -0.141. The molecule has 2 aliphatic rings. The molecule has 0 atom stereocenters. The molecule has 2 rings (SSSR count). The van der Waals surface area contributed by atoms with E-state index >= 15 is 0 Å². The lowest BCUT2D eigenvalue weighted by Gasteiger charge is -2.34. The average Bonchev–Trinajstić information content (AvgIpc) is 3.08. The number of hydrogen-bond donors (Lipinski definition) is 0. The molecule has 0 unspecified atom stereocenters. The number of amides is 3. The van der Waals surface area contributed by atoms with Crippen molar-refractivity contribution in [2.24, 2.45) is 5.92 Å². The molecule has 136 valence electrons. The van der Waals surface area contributed by atoms with Crippen molar-refractivity contribution >= 4 is 17.7 Å². The summed E-state index contributed by atoms with van der Waals surface area (Å²) in [5.41, 5.74) is 0. The Hall–Kier alpha value is -1.63. The number of rotatable bonds is 5. The number of hydrogen-bond acceptors (Lipinski definition) is 4. The predicted molar refractivity (Wildman–Crippen MR) is 91.3 cm³/mol. The lowest BCUT2D eigenvalue weighted by atomic mass is 9.95. The first kappa shape index (κ1) is 18.7. The molecule has 0 aromatic heterocycles. The van der Waals surface area contributed by atoms with Crippen molar-refractivity contribution in [3.63, 3.8) is 0 Å². The summed E-state index contributed by atoms with van der Waals surface area (Å²) in [6, 6.07) is 0. The molecule has 0 aliphatic carbocycles. The smallest absolute Gasteiger partial charge is 0.236 e. The van der Waals surface area contributed by atoms with E-state index in [1.54, 1.807) is 26.0 Å². The average molecular weight is 338 g/mol. The van der Waals surface area contributed by atoms with E-state index in [1.165, 1.54) is 4.90 Å². The summed E-state index contributed by atoms with van der Waals surface area (Å²) in [6.45, 7) is 3.54. The lowest BCUT2D eigenvalue weighted by Crippen LogP contribution is -2.47. The van der Waals surface area contributed by atoms with Crippen LogP contribution in [0, 0.1) is 5.92 Å². The molecular weight excluding hydrogens is 308 g/mol. The minimum atomic E-state index is -0.0137. The SMILES string of the molecule is CN(CC(=O)N(C)C)CC(=O)N1CCC(C(=O)N2CCCC2)CC1. The van der Waals surface area contributed by atoms with Crippen LogP contribution in [0.3, 0.4) is 0 Å². The largest absolute Gasteiger partial charge is 0.348 e. The molecular formula is C17H30N4O3. The molecule has 2 heterocycles. The Morgan fingerprint density at radius 2 is 1.46 bits per heavy atom. The van der Waals surface area contributed by atoms with Crippen LogP contribution in [0.25, 0.3) is 0 Å². The van der Waals surface area contributed by atoms with Gasteiger partial charge in [-0.3, -0.25) is 19.3 Å². The molecule has 0 aromatic carbocycles. The van der Waals surface area contributed by atoms with Crippen LogP contribution in [-0.2, 0) is 14.4 Å². The van der Waals surface area contributed by atoms with Crippen molar-refractivity contribution in [1.82, 2.24) is 19.6 Å². The first-order chi connectivity index (χ1) is 11.4. The van der Waals surface area contributed by atoms with E-state index in [-0.39, 0.29) is 36.7 Å². The van der Waals surface area contributed by atoms with Gasteiger partial charge in [-0.2, -0.15) is 0 Å². The number of piperidine rings is 1. The van der Waals surface area contributed by atoms with Crippen LogP contribution in [0.4, 0.5) is 0 Å². The van der Waals surface area contributed by atoms with Gasteiger partial charge in [0, 0.05) is 46.2 Å². The van der Waals surface area contributed by atoms with Gasteiger partial charge < -0.3 is 14.7 Å². The van der Waals surface area contributed by atoms with Gasteiger partial charge in [-0.15, -0.1) is 0 Å². The molecule has 0 aromatic rings. The Morgan fingerprint density at radius 1 is 0.875 bits per heavy atom. The van der Waals surface area contributed by atoms with Crippen molar-refractivity contribution in [2.75, 3.05) is 60.4 Å². The van der Waals surface area contributed by atoms with Crippen LogP contribution in [0.5, 0.6) is 0 Å².